The van der Waals surface area contributed by atoms with Crippen molar-refractivity contribution in [3.8, 4) is 5.88 Å². The van der Waals surface area contributed by atoms with Crippen molar-refractivity contribution in [2.24, 2.45) is 5.92 Å². The molecule has 0 radical (unpaired) electrons. The maximum Gasteiger partial charge on any atom is 0.352 e. The third-order valence-corrected chi connectivity index (χ3v) is 4.95. The van der Waals surface area contributed by atoms with E-state index in [4.69, 9.17) is 4.74 Å². The van der Waals surface area contributed by atoms with Crippen molar-refractivity contribution in [3.05, 3.63) is 51.4 Å². The smallest absolute Gasteiger partial charge is 0.352 e. The van der Waals surface area contributed by atoms with Gasteiger partial charge in [0.2, 0.25) is 5.88 Å². The first-order chi connectivity index (χ1) is 12.0. The zero-order valence-corrected chi connectivity index (χ0v) is 14.0. The summed E-state index contributed by atoms with van der Waals surface area (Å²) in [6.45, 7) is 3.83. The molecular weight excluding hydrogens is 328 g/mol. The van der Waals surface area contributed by atoms with E-state index >= 15 is 0 Å². The Morgan fingerprint density at radius 3 is 2.92 bits per heavy atom. The lowest BCUT2D eigenvalue weighted by molar-refractivity contribution is 0.278. The van der Waals surface area contributed by atoms with E-state index in [9.17, 15) is 13.6 Å². The van der Waals surface area contributed by atoms with Gasteiger partial charge in [0.05, 0.1) is 0 Å². The molecule has 0 spiro atoms. The Labute approximate surface area is 143 Å². The topological polar surface area (TPSA) is 47.4 Å². The summed E-state index contributed by atoms with van der Waals surface area (Å²) in [7, 11) is 0. The van der Waals surface area contributed by atoms with Gasteiger partial charge in [0.25, 0.3) is 0 Å². The predicted octanol–water partition coefficient (Wildman–Crippen LogP) is 2.64. The monoisotopic (exact) mass is 347 g/mol. The highest BCUT2D eigenvalue weighted by atomic mass is 19.1. The van der Waals surface area contributed by atoms with Crippen LogP contribution in [-0.2, 0) is 13.2 Å². The minimum atomic E-state index is -0.535. The Kier molecular flexibility index (Phi) is 3.94. The Balaban J connectivity index is 1.59. The van der Waals surface area contributed by atoms with Crippen LogP contribution in [0, 0.1) is 24.5 Å². The number of piperidine rings is 1. The van der Waals surface area contributed by atoms with Crippen molar-refractivity contribution in [3.63, 3.8) is 0 Å². The van der Waals surface area contributed by atoms with E-state index in [0.717, 1.165) is 43.9 Å². The summed E-state index contributed by atoms with van der Waals surface area (Å²) in [6, 6.07) is 3.97. The second kappa shape index (κ2) is 6.13. The molecule has 1 aromatic heterocycles. The number of rotatable bonds is 3. The average Bonchev–Trinajstić information content (AvgIpc) is 2.58. The third kappa shape index (κ3) is 2.99. The zero-order valence-electron chi connectivity index (χ0n) is 14.0. The van der Waals surface area contributed by atoms with Gasteiger partial charge in [-0.15, -0.1) is 0 Å². The van der Waals surface area contributed by atoms with Crippen LogP contribution in [0.4, 0.5) is 14.6 Å². The van der Waals surface area contributed by atoms with Gasteiger partial charge in [-0.1, -0.05) is 0 Å². The molecule has 132 valence electrons. The van der Waals surface area contributed by atoms with Gasteiger partial charge in [-0.3, -0.25) is 4.57 Å². The number of ether oxygens (including phenoxy) is 1. The molecule has 3 heterocycles. The van der Waals surface area contributed by atoms with E-state index in [2.05, 4.69) is 9.88 Å². The molecule has 4 rings (SSSR count). The van der Waals surface area contributed by atoms with Crippen molar-refractivity contribution in [1.82, 2.24) is 9.55 Å². The summed E-state index contributed by atoms with van der Waals surface area (Å²) >= 11 is 0. The Morgan fingerprint density at radius 1 is 1.24 bits per heavy atom. The van der Waals surface area contributed by atoms with Crippen LogP contribution >= 0.6 is 0 Å². The molecule has 0 saturated carbocycles. The van der Waals surface area contributed by atoms with E-state index in [1.807, 2.05) is 0 Å². The van der Waals surface area contributed by atoms with Gasteiger partial charge >= 0.3 is 5.69 Å². The second-order valence-corrected chi connectivity index (χ2v) is 6.78. The van der Waals surface area contributed by atoms with Crippen LogP contribution in [0.3, 0.4) is 0 Å². The van der Waals surface area contributed by atoms with Crippen molar-refractivity contribution >= 4 is 5.82 Å². The maximum absolute atomic E-state index is 13.9. The van der Waals surface area contributed by atoms with Crippen LogP contribution in [0.15, 0.2) is 23.0 Å². The van der Waals surface area contributed by atoms with Gasteiger partial charge in [-0.25, -0.2) is 13.6 Å². The van der Waals surface area contributed by atoms with Crippen LogP contribution in [0.25, 0.3) is 0 Å². The lowest BCUT2D eigenvalue weighted by Gasteiger charge is -2.40. The molecule has 2 aliphatic rings. The van der Waals surface area contributed by atoms with Gasteiger partial charge in [0, 0.05) is 31.3 Å². The van der Waals surface area contributed by atoms with Crippen LogP contribution in [0.1, 0.15) is 24.0 Å². The molecule has 2 aromatic rings. The van der Waals surface area contributed by atoms with E-state index in [0.29, 0.717) is 12.5 Å². The fraction of sp³-hybridized carbons (Fsp3) is 0.444. The van der Waals surface area contributed by atoms with Crippen molar-refractivity contribution < 1.29 is 13.5 Å². The molecule has 1 saturated heterocycles. The van der Waals surface area contributed by atoms with Crippen molar-refractivity contribution in [1.29, 1.82) is 0 Å². The molecule has 0 aliphatic carbocycles. The molecule has 2 aliphatic heterocycles. The molecule has 1 aromatic carbocycles. The molecule has 5 nitrogen and oxygen atoms in total. The first-order valence-electron chi connectivity index (χ1n) is 8.45. The molecule has 2 bridgehead atoms. The number of hydrogen-bond donors (Lipinski definition) is 0. The number of fused-ring (bicyclic) bond motifs is 4. The Hall–Kier alpha value is -2.44. The molecule has 0 amide bonds. The summed E-state index contributed by atoms with van der Waals surface area (Å²) in [6.07, 6.45) is 2.23. The maximum atomic E-state index is 13.9. The van der Waals surface area contributed by atoms with Crippen LogP contribution in [0.2, 0.25) is 0 Å². The quantitative estimate of drug-likeness (QED) is 0.856. The highest BCUT2D eigenvalue weighted by molar-refractivity contribution is 5.44. The van der Waals surface area contributed by atoms with Gasteiger partial charge in [-0.2, -0.15) is 4.98 Å². The molecule has 1 fully saturated rings. The normalized spacial score (nSPS) is 18.8. The van der Waals surface area contributed by atoms with Crippen molar-refractivity contribution in [2.75, 3.05) is 18.0 Å². The van der Waals surface area contributed by atoms with Gasteiger partial charge in [0.15, 0.2) is 0 Å². The average molecular weight is 347 g/mol. The minimum Gasteiger partial charge on any atom is -0.472 e. The van der Waals surface area contributed by atoms with Gasteiger partial charge < -0.3 is 9.64 Å². The van der Waals surface area contributed by atoms with Gasteiger partial charge in [-0.05, 0) is 43.4 Å². The summed E-state index contributed by atoms with van der Waals surface area (Å²) in [5.41, 5.74) is -0.0218. The molecule has 1 atom stereocenters. The van der Waals surface area contributed by atoms with E-state index < -0.39 is 11.6 Å². The summed E-state index contributed by atoms with van der Waals surface area (Å²) in [5, 5.41) is 0. The highest BCUT2D eigenvalue weighted by Crippen LogP contribution is 2.30. The third-order valence-electron chi connectivity index (χ3n) is 4.95. The van der Waals surface area contributed by atoms with Crippen molar-refractivity contribution in [2.45, 2.75) is 32.9 Å². The van der Waals surface area contributed by atoms with E-state index in [1.165, 1.54) is 6.92 Å². The summed E-state index contributed by atoms with van der Waals surface area (Å²) in [4.78, 5) is 18.4. The lowest BCUT2D eigenvalue weighted by Crippen LogP contribution is -2.46. The zero-order chi connectivity index (χ0) is 17.6. The number of halogens is 2. The fourth-order valence-corrected chi connectivity index (χ4v) is 3.61. The standard InChI is InChI=1S/C18H19F2N3O2/c1-11-5-15(20)13(6-14(11)19)10-25-16-7-17-22-4-2-3-12(8-22)9-23(17)18(24)21-16/h5-7,12H,2-4,8-10H2,1H3. The second-order valence-electron chi connectivity index (χ2n) is 6.78. The number of nitrogens with zero attached hydrogens (tertiary/aromatic N) is 3. The Morgan fingerprint density at radius 2 is 2.08 bits per heavy atom. The number of anilines is 1. The first kappa shape index (κ1) is 16.1. The molecule has 25 heavy (non-hydrogen) atoms. The molecule has 1 unspecified atom stereocenters. The minimum absolute atomic E-state index is 0.0979. The molecule has 0 N–H and O–H groups in total. The first-order valence-corrected chi connectivity index (χ1v) is 8.45. The largest absolute Gasteiger partial charge is 0.472 e. The SMILES string of the molecule is Cc1cc(F)c(COc2cc3n(c(=O)n2)CC2CCCN3C2)cc1F. The molecular formula is C18H19F2N3O2. The molecule has 7 heteroatoms. The van der Waals surface area contributed by atoms with Crippen LogP contribution in [-0.4, -0.2) is 22.6 Å². The lowest BCUT2D eigenvalue weighted by atomic mass is 9.96. The van der Waals surface area contributed by atoms with Gasteiger partial charge in [0.1, 0.15) is 24.1 Å². The van der Waals surface area contributed by atoms with E-state index in [1.54, 1.807) is 10.6 Å². The van der Waals surface area contributed by atoms with Crippen LogP contribution < -0.4 is 15.3 Å². The summed E-state index contributed by atoms with van der Waals surface area (Å²) < 4.78 is 34.7. The predicted molar refractivity (Wildman–Crippen MR) is 88.9 cm³/mol. The number of hydrogen-bond acceptors (Lipinski definition) is 4. The fourth-order valence-electron chi connectivity index (χ4n) is 3.61. The highest BCUT2D eigenvalue weighted by Gasteiger charge is 2.29. The number of aryl methyl sites for hydroxylation is 1. The Bertz CT molecular complexity index is 881. The number of benzene rings is 1. The van der Waals surface area contributed by atoms with Crippen LogP contribution in [0.5, 0.6) is 5.88 Å². The van der Waals surface area contributed by atoms with E-state index in [-0.39, 0.29) is 29.3 Å². The summed E-state index contributed by atoms with van der Waals surface area (Å²) in [5.74, 6) is 0.393. The number of aromatic nitrogens is 2.